The lowest BCUT2D eigenvalue weighted by Crippen LogP contribution is -2.43. The number of benzene rings is 1. The molecule has 0 aromatic heterocycles. The molecule has 0 radical (unpaired) electrons. The highest BCUT2D eigenvalue weighted by molar-refractivity contribution is 5.95. The van der Waals surface area contributed by atoms with Crippen LogP contribution in [0.4, 0.5) is 5.69 Å². The summed E-state index contributed by atoms with van der Waals surface area (Å²) in [7, 11) is 0. The smallest absolute Gasteiger partial charge is 0.251 e. The van der Waals surface area contributed by atoms with Crippen LogP contribution in [0.15, 0.2) is 24.3 Å². The fourth-order valence-corrected chi connectivity index (χ4v) is 2.11. The van der Waals surface area contributed by atoms with Crippen molar-refractivity contribution in [1.82, 2.24) is 10.6 Å². The maximum Gasteiger partial charge on any atom is 0.251 e. The van der Waals surface area contributed by atoms with Crippen molar-refractivity contribution >= 4 is 11.6 Å². The Labute approximate surface area is 108 Å². The number of carbonyl (C=O) groups is 1. The Morgan fingerprint density at radius 2 is 2.17 bits per heavy atom. The van der Waals surface area contributed by atoms with Crippen LogP contribution in [0.3, 0.4) is 0 Å². The molecule has 4 nitrogen and oxygen atoms in total. The van der Waals surface area contributed by atoms with Crippen LogP contribution < -0.4 is 15.5 Å². The van der Waals surface area contributed by atoms with E-state index in [0.29, 0.717) is 0 Å². The van der Waals surface area contributed by atoms with Crippen LogP contribution >= 0.6 is 0 Å². The molecule has 0 aliphatic carbocycles. The zero-order chi connectivity index (χ0) is 12.8. The quantitative estimate of drug-likeness (QED) is 0.841. The molecule has 1 saturated heterocycles. The Morgan fingerprint density at radius 1 is 1.39 bits per heavy atom. The fourth-order valence-electron chi connectivity index (χ4n) is 2.11. The molecule has 0 atom stereocenters. The summed E-state index contributed by atoms with van der Waals surface area (Å²) in [5.74, 6) is 0.0221. The summed E-state index contributed by atoms with van der Waals surface area (Å²) in [5, 5.41) is 6.24. The van der Waals surface area contributed by atoms with Gasteiger partial charge in [-0.3, -0.25) is 4.79 Å². The summed E-state index contributed by atoms with van der Waals surface area (Å²) in [6.45, 7) is 6.80. The summed E-state index contributed by atoms with van der Waals surface area (Å²) in [6.07, 6.45) is 0.962. The first-order valence-corrected chi connectivity index (χ1v) is 6.65. The Morgan fingerprint density at radius 3 is 2.89 bits per heavy atom. The summed E-state index contributed by atoms with van der Waals surface area (Å²) in [6, 6.07) is 7.88. The predicted octanol–water partition coefficient (Wildman–Crippen LogP) is 1.24. The lowest BCUT2D eigenvalue weighted by molar-refractivity contribution is 0.0953. The molecule has 98 valence electrons. The van der Waals surface area contributed by atoms with E-state index < -0.39 is 0 Å². The van der Waals surface area contributed by atoms with Crippen molar-refractivity contribution in [3.63, 3.8) is 0 Å². The largest absolute Gasteiger partial charge is 0.369 e. The standard InChI is InChI=1S/C14H21N3O/c1-2-6-16-14(18)12-4-3-5-13(11-12)17-9-7-15-8-10-17/h3-5,11,15H,2,6-10H2,1H3,(H,16,18). The van der Waals surface area contributed by atoms with Crippen LogP contribution in [0.5, 0.6) is 0 Å². The van der Waals surface area contributed by atoms with E-state index in [-0.39, 0.29) is 5.91 Å². The molecule has 1 heterocycles. The number of carbonyl (C=O) groups excluding carboxylic acids is 1. The molecule has 1 aliphatic heterocycles. The van der Waals surface area contributed by atoms with Gasteiger partial charge >= 0.3 is 0 Å². The van der Waals surface area contributed by atoms with Crippen LogP contribution in [-0.2, 0) is 0 Å². The van der Waals surface area contributed by atoms with Crippen molar-refractivity contribution in [3.8, 4) is 0 Å². The van der Waals surface area contributed by atoms with E-state index in [2.05, 4.69) is 28.5 Å². The van der Waals surface area contributed by atoms with Crippen LogP contribution in [0.2, 0.25) is 0 Å². The summed E-state index contributed by atoms with van der Waals surface area (Å²) < 4.78 is 0. The second-order valence-electron chi connectivity index (χ2n) is 4.54. The molecular formula is C14H21N3O. The van der Waals surface area contributed by atoms with Crippen LogP contribution in [-0.4, -0.2) is 38.6 Å². The molecule has 2 N–H and O–H groups in total. The predicted molar refractivity (Wildman–Crippen MR) is 74.1 cm³/mol. The first kappa shape index (κ1) is 12.9. The van der Waals surface area contributed by atoms with Crippen molar-refractivity contribution in [3.05, 3.63) is 29.8 Å². The van der Waals surface area contributed by atoms with E-state index in [1.54, 1.807) is 0 Å². The van der Waals surface area contributed by atoms with Gasteiger partial charge in [0.25, 0.3) is 5.91 Å². The molecule has 0 spiro atoms. The van der Waals surface area contributed by atoms with E-state index in [9.17, 15) is 4.79 Å². The molecule has 0 unspecified atom stereocenters. The second kappa shape index (κ2) is 6.40. The number of amides is 1. The minimum absolute atomic E-state index is 0.0221. The van der Waals surface area contributed by atoms with Gasteiger partial charge in [0, 0.05) is 44.0 Å². The lowest BCUT2D eigenvalue weighted by Gasteiger charge is -2.29. The number of hydrogen-bond donors (Lipinski definition) is 2. The van der Waals surface area contributed by atoms with Gasteiger partial charge in [0.1, 0.15) is 0 Å². The third-order valence-corrected chi connectivity index (χ3v) is 3.13. The molecule has 1 amide bonds. The first-order valence-electron chi connectivity index (χ1n) is 6.65. The van der Waals surface area contributed by atoms with Gasteiger partial charge < -0.3 is 15.5 Å². The second-order valence-corrected chi connectivity index (χ2v) is 4.54. The molecular weight excluding hydrogens is 226 g/mol. The fraction of sp³-hybridized carbons (Fsp3) is 0.500. The number of anilines is 1. The molecule has 0 saturated carbocycles. The maximum atomic E-state index is 11.9. The molecule has 1 aromatic carbocycles. The highest BCUT2D eigenvalue weighted by Crippen LogP contribution is 2.16. The Balaban J connectivity index is 2.06. The van der Waals surface area contributed by atoms with Crippen LogP contribution in [0.1, 0.15) is 23.7 Å². The van der Waals surface area contributed by atoms with Gasteiger partial charge in [-0.05, 0) is 24.6 Å². The van der Waals surface area contributed by atoms with Crippen LogP contribution in [0, 0.1) is 0 Å². The van der Waals surface area contributed by atoms with E-state index in [0.717, 1.165) is 50.4 Å². The van der Waals surface area contributed by atoms with Crippen molar-refractivity contribution in [1.29, 1.82) is 0 Å². The number of rotatable bonds is 4. The molecule has 1 aromatic rings. The molecule has 1 aliphatic rings. The summed E-state index contributed by atoms with van der Waals surface area (Å²) in [4.78, 5) is 14.2. The van der Waals surface area contributed by atoms with Crippen LogP contribution in [0.25, 0.3) is 0 Å². The summed E-state index contributed by atoms with van der Waals surface area (Å²) >= 11 is 0. The number of nitrogens with zero attached hydrogens (tertiary/aromatic N) is 1. The normalized spacial score (nSPS) is 15.5. The lowest BCUT2D eigenvalue weighted by atomic mass is 10.1. The van der Waals surface area contributed by atoms with Crippen molar-refractivity contribution in [2.45, 2.75) is 13.3 Å². The Bertz CT molecular complexity index is 400. The van der Waals surface area contributed by atoms with E-state index in [4.69, 9.17) is 0 Å². The zero-order valence-corrected chi connectivity index (χ0v) is 10.9. The van der Waals surface area contributed by atoms with Gasteiger partial charge in [-0.25, -0.2) is 0 Å². The first-order chi connectivity index (χ1) is 8.81. The summed E-state index contributed by atoms with van der Waals surface area (Å²) in [5.41, 5.74) is 1.89. The third-order valence-electron chi connectivity index (χ3n) is 3.13. The maximum absolute atomic E-state index is 11.9. The molecule has 2 rings (SSSR count). The van der Waals surface area contributed by atoms with E-state index >= 15 is 0 Å². The number of nitrogens with one attached hydrogen (secondary N) is 2. The van der Waals surface area contributed by atoms with Gasteiger partial charge in [-0.15, -0.1) is 0 Å². The monoisotopic (exact) mass is 247 g/mol. The minimum atomic E-state index is 0.0221. The SMILES string of the molecule is CCCNC(=O)c1cccc(N2CCNCC2)c1. The van der Waals surface area contributed by atoms with E-state index in [1.807, 2.05) is 18.2 Å². The number of hydrogen-bond acceptors (Lipinski definition) is 3. The molecule has 0 bridgehead atoms. The highest BCUT2D eigenvalue weighted by Gasteiger charge is 2.12. The molecule has 4 heteroatoms. The average molecular weight is 247 g/mol. The zero-order valence-electron chi connectivity index (χ0n) is 10.9. The van der Waals surface area contributed by atoms with Gasteiger partial charge in [0.2, 0.25) is 0 Å². The molecule has 18 heavy (non-hydrogen) atoms. The van der Waals surface area contributed by atoms with Gasteiger partial charge in [-0.2, -0.15) is 0 Å². The Hall–Kier alpha value is -1.55. The number of piperazine rings is 1. The molecule has 1 fully saturated rings. The van der Waals surface area contributed by atoms with Gasteiger partial charge in [-0.1, -0.05) is 13.0 Å². The van der Waals surface area contributed by atoms with Gasteiger partial charge in [0.15, 0.2) is 0 Å². The van der Waals surface area contributed by atoms with Crippen molar-refractivity contribution in [2.24, 2.45) is 0 Å². The van der Waals surface area contributed by atoms with Crippen molar-refractivity contribution in [2.75, 3.05) is 37.6 Å². The van der Waals surface area contributed by atoms with E-state index in [1.165, 1.54) is 0 Å². The van der Waals surface area contributed by atoms with Gasteiger partial charge in [0.05, 0.1) is 0 Å². The van der Waals surface area contributed by atoms with Crippen molar-refractivity contribution < 1.29 is 4.79 Å². The minimum Gasteiger partial charge on any atom is -0.369 e. The average Bonchev–Trinajstić information content (AvgIpc) is 2.46. The Kier molecular flexibility index (Phi) is 4.59. The topological polar surface area (TPSA) is 44.4 Å². The third kappa shape index (κ3) is 3.23. The highest BCUT2D eigenvalue weighted by atomic mass is 16.1.